The standard InChI is InChI=1S/C16H23ClN2O/c1-11(2)14(10-15(17)18-5)19(16(20)12(3)4)13-8-6-7-9-13/h10,13H,1,3,6-9H2,2,4-5H3/b14-10+,18-15?. The van der Waals surface area contributed by atoms with Gasteiger partial charge in [0, 0.05) is 24.4 Å². The molecule has 0 spiro atoms. The SMILES string of the molecule is C=C(C)C(=O)N(/C(=C/C(Cl)=NC)C(=C)C)C1CCCC1. The van der Waals surface area contributed by atoms with Crippen molar-refractivity contribution in [2.24, 2.45) is 4.99 Å². The lowest BCUT2D eigenvalue weighted by atomic mass is 10.1. The summed E-state index contributed by atoms with van der Waals surface area (Å²) < 4.78 is 0. The first-order valence-electron chi connectivity index (χ1n) is 6.87. The fraction of sp³-hybridized carbons (Fsp3) is 0.500. The highest BCUT2D eigenvalue weighted by Crippen LogP contribution is 2.30. The Labute approximate surface area is 126 Å². The second-order valence-electron chi connectivity index (χ2n) is 5.25. The van der Waals surface area contributed by atoms with Gasteiger partial charge in [0.1, 0.15) is 5.17 Å². The van der Waals surface area contributed by atoms with Crippen molar-refractivity contribution >= 4 is 22.7 Å². The Hall–Kier alpha value is -1.35. The van der Waals surface area contributed by atoms with Crippen molar-refractivity contribution in [1.29, 1.82) is 0 Å². The van der Waals surface area contributed by atoms with Crippen LogP contribution in [0.25, 0.3) is 0 Å². The van der Waals surface area contributed by atoms with E-state index in [0.29, 0.717) is 10.7 Å². The van der Waals surface area contributed by atoms with Crippen LogP contribution < -0.4 is 0 Å². The largest absolute Gasteiger partial charge is 0.305 e. The smallest absolute Gasteiger partial charge is 0.253 e. The Morgan fingerprint density at radius 1 is 1.25 bits per heavy atom. The van der Waals surface area contributed by atoms with Crippen LogP contribution in [-0.2, 0) is 4.79 Å². The van der Waals surface area contributed by atoms with Gasteiger partial charge in [-0.05, 0) is 38.3 Å². The molecule has 3 nitrogen and oxygen atoms in total. The summed E-state index contributed by atoms with van der Waals surface area (Å²) in [7, 11) is 1.62. The zero-order valence-corrected chi connectivity index (χ0v) is 13.3. The second-order valence-corrected chi connectivity index (χ2v) is 5.64. The van der Waals surface area contributed by atoms with E-state index in [1.54, 1.807) is 24.9 Å². The van der Waals surface area contributed by atoms with Crippen LogP contribution in [0.2, 0.25) is 0 Å². The van der Waals surface area contributed by atoms with E-state index < -0.39 is 0 Å². The molecule has 1 rings (SSSR count). The predicted molar refractivity (Wildman–Crippen MR) is 86.0 cm³/mol. The van der Waals surface area contributed by atoms with Crippen molar-refractivity contribution in [2.45, 2.75) is 45.6 Å². The van der Waals surface area contributed by atoms with Crippen LogP contribution in [0.4, 0.5) is 0 Å². The number of halogens is 1. The van der Waals surface area contributed by atoms with Crippen LogP contribution in [0.1, 0.15) is 39.5 Å². The Kier molecular flexibility index (Phi) is 6.21. The van der Waals surface area contributed by atoms with Gasteiger partial charge < -0.3 is 4.90 Å². The fourth-order valence-corrected chi connectivity index (χ4v) is 2.52. The van der Waals surface area contributed by atoms with Crippen LogP contribution in [0.3, 0.4) is 0 Å². The van der Waals surface area contributed by atoms with Crippen molar-refractivity contribution in [3.8, 4) is 0 Å². The van der Waals surface area contributed by atoms with Gasteiger partial charge in [0.2, 0.25) is 0 Å². The number of allylic oxidation sites excluding steroid dienone is 2. The maximum atomic E-state index is 12.5. The molecule has 0 aromatic carbocycles. The summed E-state index contributed by atoms with van der Waals surface area (Å²) >= 11 is 6.01. The molecule has 0 unspecified atom stereocenters. The summed E-state index contributed by atoms with van der Waals surface area (Å²) in [5.41, 5.74) is 2.06. The lowest BCUT2D eigenvalue weighted by molar-refractivity contribution is -0.126. The predicted octanol–water partition coefficient (Wildman–Crippen LogP) is 4.06. The van der Waals surface area contributed by atoms with Crippen molar-refractivity contribution in [1.82, 2.24) is 4.90 Å². The molecule has 0 heterocycles. The molecule has 1 fully saturated rings. The molecular weight excluding hydrogens is 272 g/mol. The zero-order valence-electron chi connectivity index (χ0n) is 12.6. The molecular formula is C16H23ClN2O. The van der Waals surface area contributed by atoms with E-state index in [2.05, 4.69) is 18.2 Å². The van der Waals surface area contributed by atoms with Gasteiger partial charge in [-0.25, -0.2) is 0 Å². The van der Waals surface area contributed by atoms with Crippen LogP contribution in [0.5, 0.6) is 0 Å². The number of hydrogen-bond acceptors (Lipinski definition) is 2. The summed E-state index contributed by atoms with van der Waals surface area (Å²) in [6, 6.07) is 0.198. The molecule has 1 amide bonds. The summed E-state index contributed by atoms with van der Waals surface area (Å²) in [5.74, 6) is -0.0632. The van der Waals surface area contributed by atoms with Gasteiger partial charge in [0.25, 0.3) is 5.91 Å². The minimum absolute atomic E-state index is 0.0632. The molecule has 0 aliphatic heterocycles. The van der Waals surface area contributed by atoms with Gasteiger partial charge in [-0.1, -0.05) is 37.6 Å². The number of carbonyl (C=O) groups excluding carboxylic acids is 1. The van der Waals surface area contributed by atoms with E-state index in [4.69, 9.17) is 11.6 Å². The van der Waals surface area contributed by atoms with E-state index in [-0.39, 0.29) is 11.9 Å². The molecule has 110 valence electrons. The topological polar surface area (TPSA) is 32.7 Å². The number of carbonyl (C=O) groups is 1. The molecule has 0 aromatic rings. The maximum Gasteiger partial charge on any atom is 0.253 e. The minimum Gasteiger partial charge on any atom is -0.305 e. The van der Waals surface area contributed by atoms with Crippen molar-refractivity contribution in [3.05, 3.63) is 36.1 Å². The van der Waals surface area contributed by atoms with E-state index in [9.17, 15) is 4.79 Å². The van der Waals surface area contributed by atoms with Crippen molar-refractivity contribution < 1.29 is 4.79 Å². The average Bonchev–Trinajstić information content (AvgIpc) is 2.90. The van der Waals surface area contributed by atoms with E-state index in [0.717, 1.165) is 37.0 Å². The highest BCUT2D eigenvalue weighted by Gasteiger charge is 2.30. The number of hydrogen-bond donors (Lipinski definition) is 0. The van der Waals surface area contributed by atoms with Gasteiger partial charge >= 0.3 is 0 Å². The summed E-state index contributed by atoms with van der Waals surface area (Å²) in [4.78, 5) is 18.2. The van der Waals surface area contributed by atoms with E-state index in [1.807, 2.05) is 6.92 Å². The molecule has 1 aliphatic rings. The van der Waals surface area contributed by atoms with Crippen LogP contribution in [0.15, 0.2) is 41.1 Å². The van der Waals surface area contributed by atoms with Gasteiger partial charge in [-0.3, -0.25) is 9.79 Å². The molecule has 1 aliphatic carbocycles. The zero-order chi connectivity index (χ0) is 15.3. The first kappa shape index (κ1) is 16.7. The lowest BCUT2D eigenvalue weighted by Gasteiger charge is -2.32. The Morgan fingerprint density at radius 3 is 2.20 bits per heavy atom. The molecule has 0 N–H and O–H groups in total. The van der Waals surface area contributed by atoms with Gasteiger partial charge in [-0.15, -0.1) is 0 Å². The highest BCUT2D eigenvalue weighted by molar-refractivity contribution is 6.68. The van der Waals surface area contributed by atoms with E-state index >= 15 is 0 Å². The quantitative estimate of drug-likeness (QED) is 0.427. The van der Waals surface area contributed by atoms with Gasteiger partial charge in [0.15, 0.2) is 0 Å². The van der Waals surface area contributed by atoms with E-state index in [1.165, 1.54) is 0 Å². The number of nitrogens with zero attached hydrogens (tertiary/aromatic N) is 2. The minimum atomic E-state index is -0.0632. The highest BCUT2D eigenvalue weighted by atomic mass is 35.5. The van der Waals surface area contributed by atoms with Crippen molar-refractivity contribution in [3.63, 3.8) is 0 Å². The molecule has 0 atom stereocenters. The van der Waals surface area contributed by atoms with Crippen LogP contribution in [0, 0.1) is 0 Å². The molecule has 4 heteroatoms. The molecule has 1 saturated carbocycles. The summed E-state index contributed by atoms with van der Waals surface area (Å²) in [6.07, 6.45) is 6.01. The van der Waals surface area contributed by atoms with Crippen molar-refractivity contribution in [2.75, 3.05) is 7.05 Å². The molecule has 0 saturated heterocycles. The fourth-order valence-electron chi connectivity index (χ4n) is 2.42. The first-order chi connectivity index (χ1) is 9.38. The molecule has 20 heavy (non-hydrogen) atoms. The monoisotopic (exact) mass is 294 g/mol. The average molecular weight is 295 g/mol. The Bertz CT molecular complexity index is 471. The Balaban J connectivity index is 3.24. The van der Waals surface area contributed by atoms with Crippen LogP contribution in [-0.4, -0.2) is 29.1 Å². The maximum absolute atomic E-state index is 12.5. The normalized spacial score (nSPS) is 17.2. The number of rotatable bonds is 5. The third-order valence-electron chi connectivity index (χ3n) is 3.44. The van der Waals surface area contributed by atoms with Gasteiger partial charge in [0.05, 0.1) is 0 Å². The van der Waals surface area contributed by atoms with Crippen LogP contribution >= 0.6 is 11.6 Å². The van der Waals surface area contributed by atoms with Gasteiger partial charge in [-0.2, -0.15) is 0 Å². The summed E-state index contributed by atoms with van der Waals surface area (Å²) in [6.45, 7) is 11.4. The third kappa shape index (κ3) is 4.07. The lowest BCUT2D eigenvalue weighted by Crippen LogP contribution is -2.39. The molecule has 0 bridgehead atoms. The third-order valence-corrected chi connectivity index (χ3v) is 3.72. The second kappa shape index (κ2) is 7.44. The summed E-state index contributed by atoms with van der Waals surface area (Å²) in [5, 5.41) is 0.362. The number of amides is 1. The first-order valence-corrected chi connectivity index (χ1v) is 7.25. The number of aliphatic imine (C=N–C) groups is 1. The molecule has 0 aromatic heterocycles. The Morgan fingerprint density at radius 2 is 1.80 bits per heavy atom. The molecule has 0 radical (unpaired) electrons.